The van der Waals surface area contributed by atoms with Gasteiger partial charge in [0.15, 0.2) is 10.8 Å². The molecule has 0 unspecified atom stereocenters. The fourth-order valence-electron chi connectivity index (χ4n) is 1.59. The lowest BCUT2D eigenvalue weighted by atomic mass is 10.3. The average molecular weight is 294 g/mol. The first-order chi connectivity index (χ1) is 9.38. The fraction of sp³-hybridized carbons (Fsp3) is 0.308. The molecule has 0 saturated heterocycles. The lowest BCUT2D eigenvalue weighted by Gasteiger charge is -2.07. The lowest BCUT2D eigenvalue weighted by Crippen LogP contribution is -2.38. The van der Waals surface area contributed by atoms with Crippen LogP contribution >= 0.6 is 11.3 Å². The van der Waals surface area contributed by atoms with Crippen molar-refractivity contribution in [3.63, 3.8) is 0 Å². The summed E-state index contributed by atoms with van der Waals surface area (Å²) in [6.07, 6.45) is 0. The van der Waals surface area contributed by atoms with Gasteiger partial charge in [0.2, 0.25) is 0 Å². The summed E-state index contributed by atoms with van der Waals surface area (Å²) >= 11 is 1.18. The first kappa shape index (κ1) is 14.3. The Morgan fingerprint density at radius 1 is 1.40 bits per heavy atom. The Labute approximate surface area is 119 Å². The standard InChI is InChI=1S/C13H14N2O4S/c1-6-4-5-9(19-6)12-15-7(2)10(20-12)11(16)14-8(3)13(17)18/h4-5,8H,1-3H3,(H,14,16)(H,17,18)/t8-/m0/s1. The van der Waals surface area contributed by atoms with Gasteiger partial charge in [0.25, 0.3) is 5.91 Å². The van der Waals surface area contributed by atoms with Gasteiger partial charge >= 0.3 is 5.97 Å². The molecule has 0 radical (unpaired) electrons. The molecule has 0 saturated carbocycles. The summed E-state index contributed by atoms with van der Waals surface area (Å²) in [4.78, 5) is 27.4. The van der Waals surface area contributed by atoms with E-state index >= 15 is 0 Å². The van der Waals surface area contributed by atoms with E-state index in [0.29, 0.717) is 21.3 Å². The van der Waals surface area contributed by atoms with E-state index in [4.69, 9.17) is 9.52 Å². The Morgan fingerprint density at radius 2 is 2.10 bits per heavy atom. The number of hydrogen-bond acceptors (Lipinski definition) is 5. The molecule has 6 nitrogen and oxygen atoms in total. The van der Waals surface area contributed by atoms with E-state index < -0.39 is 17.9 Å². The van der Waals surface area contributed by atoms with Crippen LogP contribution < -0.4 is 5.32 Å². The molecule has 0 bridgehead atoms. The maximum atomic E-state index is 12.0. The summed E-state index contributed by atoms with van der Waals surface area (Å²) < 4.78 is 5.46. The number of aliphatic carboxylic acids is 1. The predicted octanol–water partition coefficient (Wildman–Crippen LogP) is 2.22. The fourth-order valence-corrected chi connectivity index (χ4v) is 2.52. The molecular formula is C13H14N2O4S. The predicted molar refractivity (Wildman–Crippen MR) is 73.9 cm³/mol. The number of hydrogen-bond donors (Lipinski definition) is 2. The second kappa shape index (κ2) is 5.46. The molecule has 2 rings (SSSR count). The SMILES string of the molecule is Cc1ccc(-c2nc(C)c(C(=O)N[C@@H](C)C(=O)O)s2)o1. The van der Waals surface area contributed by atoms with Crippen LogP contribution in [0, 0.1) is 13.8 Å². The van der Waals surface area contributed by atoms with Crippen LogP contribution in [-0.4, -0.2) is 28.0 Å². The van der Waals surface area contributed by atoms with Crippen molar-refractivity contribution in [2.75, 3.05) is 0 Å². The summed E-state index contributed by atoms with van der Waals surface area (Å²) in [6, 6.07) is 2.66. The zero-order valence-corrected chi connectivity index (χ0v) is 12.1. The maximum Gasteiger partial charge on any atom is 0.325 e. The van der Waals surface area contributed by atoms with Gasteiger partial charge in [0, 0.05) is 0 Å². The highest BCUT2D eigenvalue weighted by molar-refractivity contribution is 7.17. The van der Waals surface area contributed by atoms with E-state index in [9.17, 15) is 9.59 Å². The Kier molecular flexibility index (Phi) is 3.89. The van der Waals surface area contributed by atoms with Crippen LogP contribution in [-0.2, 0) is 4.79 Å². The molecule has 2 aromatic heterocycles. The zero-order chi connectivity index (χ0) is 14.9. The van der Waals surface area contributed by atoms with Crippen molar-refractivity contribution in [2.24, 2.45) is 0 Å². The Morgan fingerprint density at radius 3 is 2.65 bits per heavy atom. The number of thiazole rings is 1. The Hall–Kier alpha value is -2.15. The number of furan rings is 1. The molecule has 0 spiro atoms. The molecule has 0 aliphatic carbocycles. The zero-order valence-electron chi connectivity index (χ0n) is 11.3. The van der Waals surface area contributed by atoms with E-state index in [1.807, 2.05) is 13.0 Å². The van der Waals surface area contributed by atoms with Crippen molar-refractivity contribution >= 4 is 23.2 Å². The van der Waals surface area contributed by atoms with Crippen molar-refractivity contribution in [1.82, 2.24) is 10.3 Å². The molecule has 0 aromatic carbocycles. The highest BCUT2D eigenvalue weighted by Gasteiger charge is 2.21. The van der Waals surface area contributed by atoms with Gasteiger partial charge in [-0.3, -0.25) is 9.59 Å². The van der Waals surface area contributed by atoms with Crippen LogP contribution in [0.2, 0.25) is 0 Å². The molecule has 2 aromatic rings. The summed E-state index contributed by atoms with van der Waals surface area (Å²) in [6.45, 7) is 4.94. The third-order valence-electron chi connectivity index (χ3n) is 2.67. The third-order valence-corrected chi connectivity index (χ3v) is 3.84. The number of carbonyl (C=O) groups is 2. The van der Waals surface area contributed by atoms with Crippen molar-refractivity contribution in [3.8, 4) is 10.8 Å². The maximum absolute atomic E-state index is 12.0. The van der Waals surface area contributed by atoms with Gasteiger partial charge < -0.3 is 14.8 Å². The molecule has 106 valence electrons. The number of nitrogens with zero attached hydrogens (tertiary/aromatic N) is 1. The largest absolute Gasteiger partial charge is 0.480 e. The lowest BCUT2D eigenvalue weighted by molar-refractivity contribution is -0.138. The molecule has 2 N–H and O–H groups in total. The average Bonchev–Trinajstić information content (AvgIpc) is 2.95. The van der Waals surface area contributed by atoms with Crippen molar-refractivity contribution in [1.29, 1.82) is 0 Å². The Bertz CT molecular complexity index is 659. The normalized spacial score (nSPS) is 12.2. The highest BCUT2D eigenvalue weighted by atomic mass is 32.1. The quantitative estimate of drug-likeness (QED) is 0.902. The summed E-state index contributed by atoms with van der Waals surface area (Å²) in [5, 5.41) is 11.8. The van der Waals surface area contributed by atoms with Gasteiger partial charge in [-0.1, -0.05) is 0 Å². The summed E-state index contributed by atoms with van der Waals surface area (Å²) in [5.41, 5.74) is 0.550. The summed E-state index contributed by atoms with van der Waals surface area (Å²) in [7, 11) is 0. The molecule has 0 aliphatic rings. The third kappa shape index (κ3) is 2.88. The molecule has 7 heteroatoms. The number of aromatic nitrogens is 1. The summed E-state index contributed by atoms with van der Waals surface area (Å²) in [5.74, 6) is -0.161. The van der Waals surface area contributed by atoms with Crippen LogP contribution in [0.3, 0.4) is 0 Å². The van der Waals surface area contributed by atoms with Crippen LogP contribution in [0.5, 0.6) is 0 Å². The second-order valence-corrected chi connectivity index (χ2v) is 5.38. The van der Waals surface area contributed by atoms with Crippen LogP contribution in [0.25, 0.3) is 10.8 Å². The van der Waals surface area contributed by atoms with Gasteiger partial charge in [0.05, 0.1) is 5.69 Å². The molecule has 0 aliphatic heterocycles. The van der Waals surface area contributed by atoms with Crippen molar-refractivity contribution in [2.45, 2.75) is 26.8 Å². The molecule has 0 fully saturated rings. The van der Waals surface area contributed by atoms with Crippen LogP contribution in [0.15, 0.2) is 16.5 Å². The van der Waals surface area contributed by atoms with Gasteiger partial charge in [-0.15, -0.1) is 11.3 Å². The number of rotatable bonds is 4. The molecular weight excluding hydrogens is 280 g/mol. The second-order valence-electron chi connectivity index (χ2n) is 4.38. The van der Waals surface area contributed by atoms with E-state index in [1.54, 1.807) is 13.0 Å². The number of amides is 1. The van der Waals surface area contributed by atoms with Crippen LogP contribution in [0.4, 0.5) is 0 Å². The minimum atomic E-state index is -1.08. The number of aryl methyl sites for hydroxylation is 2. The minimum Gasteiger partial charge on any atom is -0.480 e. The number of carbonyl (C=O) groups excluding carboxylic acids is 1. The van der Waals surface area contributed by atoms with Gasteiger partial charge in [0.1, 0.15) is 16.7 Å². The topological polar surface area (TPSA) is 92.4 Å². The van der Waals surface area contributed by atoms with Crippen molar-refractivity contribution < 1.29 is 19.1 Å². The first-order valence-corrected chi connectivity index (χ1v) is 6.78. The smallest absolute Gasteiger partial charge is 0.325 e. The van der Waals surface area contributed by atoms with E-state index in [-0.39, 0.29) is 0 Å². The molecule has 1 amide bonds. The Balaban J connectivity index is 2.23. The van der Waals surface area contributed by atoms with Gasteiger partial charge in [-0.05, 0) is 32.9 Å². The van der Waals surface area contributed by atoms with E-state index in [0.717, 1.165) is 5.76 Å². The molecule has 2 heterocycles. The van der Waals surface area contributed by atoms with Gasteiger partial charge in [-0.2, -0.15) is 0 Å². The molecule has 1 atom stereocenters. The monoisotopic (exact) mass is 294 g/mol. The molecule has 20 heavy (non-hydrogen) atoms. The first-order valence-electron chi connectivity index (χ1n) is 5.96. The van der Waals surface area contributed by atoms with E-state index in [1.165, 1.54) is 18.3 Å². The van der Waals surface area contributed by atoms with E-state index in [2.05, 4.69) is 10.3 Å². The number of carboxylic acids is 1. The highest BCUT2D eigenvalue weighted by Crippen LogP contribution is 2.29. The van der Waals surface area contributed by atoms with Crippen LogP contribution in [0.1, 0.15) is 28.0 Å². The number of nitrogens with one attached hydrogen (secondary N) is 1. The number of carboxylic acid groups (broad SMARTS) is 1. The van der Waals surface area contributed by atoms with Gasteiger partial charge in [-0.25, -0.2) is 4.98 Å². The van der Waals surface area contributed by atoms with Crippen molar-refractivity contribution in [3.05, 3.63) is 28.5 Å². The minimum absolute atomic E-state index is 0.391.